The van der Waals surface area contributed by atoms with Gasteiger partial charge in [0, 0.05) is 18.7 Å². The van der Waals surface area contributed by atoms with Gasteiger partial charge in [0.15, 0.2) is 0 Å². The highest BCUT2D eigenvalue weighted by atomic mass is 19.4. The number of hydrogen-bond donors (Lipinski definition) is 3. The summed E-state index contributed by atoms with van der Waals surface area (Å²) in [6, 6.07) is 1.17. The van der Waals surface area contributed by atoms with Crippen molar-refractivity contribution in [2.45, 2.75) is 26.1 Å². The lowest BCUT2D eigenvalue weighted by Gasteiger charge is -2.27. The number of aliphatic hydroxyl groups excluding tert-OH is 1. The first-order valence-electron chi connectivity index (χ1n) is 5.60. The van der Waals surface area contributed by atoms with E-state index >= 15 is 0 Å². The number of aliphatic hydroxyl groups is 1. The number of alkyl halides is 3. The van der Waals surface area contributed by atoms with Crippen molar-refractivity contribution in [1.82, 2.24) is 9.97 Å². The van der Waals surface area contributed by atoms with Crippen LogP contribution in [0.3, 0.4) is 0 Å². The molecule has 0 atom stereocenters. The van der Waals surface area contributed by atoms with Crippen molar-refractivity contribution in [3.63, 3.8) is 0 Å². The zero-order chi connectivity index (χ0) is 14.6. The Labute approximate surface area is 108 Å². The monoisotopic (exact) mass is 279 g/mol. The van der Waals surface area contributed by atoms with Gasteiger partial charge < -0.3 is 15.4 Å². The van der Waals surface area contributed by atoms with Crippen molar-refractivity contribution in [1.29, 1.82) is 0 Å². The van der Waals surface area contributed by atoms with Crippen molar-refractivity contribution < 1.29 is 18.3 Å². The number of hydrazine groups is 1. The van der Waals surface area contributed by atoms with Crippen LogP contribution in [-0.4, -0.2) is 34.3 Å². The van der Waals surface area contributed by atoms with E-state index in [1.54, 1.807) is 13.8 Å². The van der Waals surface area contributed by atoms with E-state index in [-0.39, 0.29) is 30.8 Å². The molecule has 0 spiro atoms. The van der Waals surface area contributed by atoms with E-state index in [0.717, 1.165) is 0 Å². The molecule has 0 saturated heterocycles. The molecule has 9 heteroatoms. The lowest BCUT2D eigenvalue weighted by Crippen LogP contribution is -2.35. The molecule has 4 N–H and O–H groups in total. The fourth-order valence-corrected chi connectivity index (χ4v) is 1.53. The Kier molecular flexibility index (Phi) is 4.90. The molecule has 1 rings (SSSR count). The van der Waals surface area contributed by atoms with Gasteiger partial charge in [0.05, 0.1) is 6.61 Å². The number of nitrogens with one attached hydrogen (secondary N) is 1. The molecule has 0 aromatic carbocycles. The van der Waals surface area contributed by atoms with Crippen LogP contribution in [0.15, 0.2) is 6.07 Å². The number of hydrogen-bond acceptors (Lipinski definition) is 6. The molecule has 0 aliphatic heterocycles. The summed E-state index contributed by atoms with van der Waals surface area (Å²) in [6.45, 7) is 3.52. The summed E-state index contributed by atoms with van der Waals surface area (Å²) in [5, 5.41) is 8.95. The van der Waals surface area contributed by atoms with Crippen LogP contribution in [-0.2, 0) is 6.18 Å². The van der Waals surface area contributed by atoms with E-state index in [9.17, 15) is 13.2 Å². The van der Waals surface area contributed by atoms with Crippen LogP contribution in [0.1, 0.15) is 19.7 Å². The van der Waals surface area contributed by atoms with Gasteiger partial charge in [0.2, 0.25) is 5.82 Å². The van der Waals surface area contributed by atoms with Gasteiger partial charge in [-0.1, -0.05) is 0 Å². The maximum atomic E-state index is 12.7. The predicted molar refractivity (Wildman–Crippen MR) is 64.4 cm³/mol. The molecule has 0 aliphatic rings. The lowest BCUT2D eigenvalue weighted by atomic mass is 10.3. The third kappa shape index (κ3) is 3.93. The van der Waals surface area contributed by atoms with Crippen molar-refractivity contribution in [3.05, 3.63) is 11.9 Å². The second-order valence-corrected chi connectivity index (χ2v) is 4.09. The highest BCUT2D eigenvalue weighted by Crippen LogP contribution is 2.29. The van der Waals surface area contributed by atoms with Crippen LogP contribution < -0.4 is 16.2 Å². The first kappa shape index (κ1) is 15.4. The molecule has 0 aliphatic carbocycles. The van der Waals surface area contributed by atoms with Crippen LogP contribution in [0.2, 0.25) is 0 Å². The third-order valence-electron chi connectivity index (χ3n) is 2.37. The number of nitrogens with two attached hydrogens (primary N) is 1. The van der Waals surface area contributed by atoms with Crippen molar-refractivity contribution in [2.24, 2.45) is 5.84 Å². The predicted octanol–water partition coefficient (Wildman–Crippen LogP) is 0.988. The number of rotatable bonds is 5. The van der Waals surface area contributed by atoms with Crippen LogP contribution in [0.5, 0.6) is 0 Å². The Hall–Kier alpha value is -1.61. The fourth-order valence-electron chi connectivity index (χ4n) is 1.53. The van der Waals surface area contributed by atoms with Crippen LogP contribution >= 0.6 is 0 Å². The SMILES string of the molecule is CC(C)N(CCO)c1cc(NN)nc(C(F)(F)F)n1. The Morgan fingerprint density at radius 1 is 1.42 bits per heavy atom. The minimum absolute atomic E-state index is 0.0549. The number of nitrogen functional groups attached to an aromatic ring is 1. The Balaban J connectivity index is 3.25. The molecule has 0 amide bonds. The van der Waals surface area contributed by atoms with Crippen molar-refractivity contribution in [2.75, 3.05) is 23.5 Å². The molecule has 0 radical (unpaired) electrons. The van der Waals surface area contributed by atoms with Gasteiger partial charge in [0.1, 0.15) is 11.6 Å². The summed E-state index contributed by atoms with van der Waals surface area (Å²) in [5.74, 6) is 3.75. The zero-order valence-electron chi connectivity index (χ0n) is 10.6. The molecule has 1 heterocycles. The molecule has 1 aromatic rings. The van der Waals surface area contributed by atoms with Gasteiger partial charge in [0.25, 0.3) is 0 Å². The zero-order valence-corrected chi connectivity index (χ0v) is 10.6. The molecule has 0 unspecified atom stereocenters. The summed E-state index contributed by atoms with van der Waals surface area (Å²) in [7, 11) is 0. The molecule has 108 valence electrons. The summed E-state index contributed by atoms with van der Waals surface area (Å²) in [5.41, 5.74) is 2.08. The second-order valence-electron chi connectivity index (χ2n) is 4.09. The Bertz CT molecular complexity index is 424. The summed E-state index contributed by atoms with van der Waals surface area (Å²) >= 11 is 0. The molecule has 0 saturated carbocycles. The molecule has 0 bridgehead atoms. The average Bonchev–Trinajstić information content (AvgIpc) is 2.33. The maximum Gasteiger partial charge on any atom is 0.451 e. The Morgan fingerprint density at radius 2 is 2.05 bits per heavy atom. The quantitative estimate of drug-likeness (QED) is 0.550. The van der Waals surface area contributed by atoms with Gasteiger partial charge >= 0.3 is 6.18 Å². The smallest absolute Gasteiger partial charge is 0.395 e. The average molecular weight is 279 g/mol. The Morgan fingerprint density at radius 3 is 2.47 bits per heavy atom. The lowest BCUT2D eigenvalue weighted by molar-refractivity contribution is -0.144. The van der Waals surface area contributed by atoms with Crippen LogP contribution in [0.25, 0.3) is 0 Å². The van der Waals surface area contributed by atoms with Crippen molar-refractivity contribution >= 4 is 11.6 Å². The van der Waals surface area contributed by atoms with E-state index in [1.165, 1.54) is 11.0 Å². The van der Waals surface area contributed by atoms with E-state index in [2.05, 4.69) is 15.4 Å². The number of halogens is 3. The summed E-state index contributed by atoms with van der Waals surface area (Å²) < 4.78 is 38.0. The fraction of sp³-hybridized carbons (Fsp3) is 0.600. The first-order chi connectivity index (χ1) is 8.79. The van der Waals surface area contributed by atoms with Crippen LogP contribution in [0, 0.1) is 0 Å². The van der Waals surface area contributed by atoms with E-state index in [4.69, 9.17) is 10.9 Å². The van der Waals surface area contributed by atoms with Crippen LogP contribution in [0.4, 0.5) is 24.8 Å². The molecule has 6 nitrogen and oxygen atoms in total. The molecule has 19 heavy (non-hydrogen) atoms. The molecular formula is C10H16F3N5O. The van der Waals surface area contributed by atoms with E-state index in [1.807, 2.05) is 0 Å². The van der Waals surface area contributed by atoms with Crippen molar-refractivity contribution in [3.8, 4) is 0 Å². The number of aromatic nitrogens is 2. The minimum atomic E-state index is -4.66. The molecular weight excluding hydrogens is 263 g/mol. The highest BCUT2D eigenvalue weighted by molar-refractivity contribution is 5.49. The van der Waals surface area contributed by atoms with Gasteiger partial charge in [-0.05, 0) is 13.8 Å². The van der Waals surface area contributed by atoms with Gasteiger partial charge in [-0.15, -0.1) is 0 Å². The normalized spacial score (nSPS) is 11.8. The summed E-state index contributed by atoms with van der Waals surface area (Å²) in [6.07, 6.45) is -4.66. The second kappa shape index (κ2) is 6.02. The molecule has 1 aromatic heterocycles. The highest BCUT2D eigenvalue weighted by Gasteiger charge is 2.36. The van der Waals surface area contributed by atoms with Gasteiger partial charge in [-0.25, -0.2) is 15.8 Å². The standard InChI is InChI=1S/C10H16F3N5O/c1-6(2)18(3-4-19)8-5-7(17-14)15-9(16-8)10(11,12)13/h5-6,19H,3-4,14H2,1-2H3,(H,15,16,17). The largest absolute Gasteiger partial charge is 0.451 e. The number of nitrogens with zero attached hydrogens (tertiary/aromatic N) is 3. The third-order valence-corrected chi connectivity index (χ3v) is 2.37. The maximum absolute atomic E-state index is 12.7. The molecule has 0 fully saturated rings. The minimum Gasteiger partial charge on any atom is -0.395 e. The van der Waals surface area contributed by atoms with Gasteiger partial charge in [-0.3, -0.25) is 0 Å². The van der Waals surface area contributed by atoms with Gasteiger partial charge in [-0.2, -0.15) is 13.2 Å². The topological polar surface area (TPSA) is 87.3 Å². The number of anilines is 2. The van der Waals surface area contributed by atoms with E-state index < -0.39 is 12.0 Å². The first-order valence-corrected chi connectivity index (χ1v) is 5.60. The summed E-state index contributed by atoms with van der Waals surface area (Å²) in [4.78, 5) is 8.27. The van der Waals surface area contributed by atoms with E-state index in [0.29, 0.717) is 0 Å².